The molecule has 0 bridgehead atoms. The van der Waals surface area contributed by atoms with Crippen molar-refractivity contribution in [3.8, 4) is 0 Å². The van der Waals surface area contributed by atoms with Crippen LogP contribution in [0.25, 0.3) is 10.9 Å². The summed E-state index contributed by atoms with van der Waals surface area (Å²) in [7, 11) is 0. The second kappa shape index (κ2) is 6.83. The minimum atomic E-state index is -0.263. The predicted octanol–water partition coefficient (Wildman–Crippen LogP) is 3.27. The summed E-state index contributed by atoms with van der Waals surface area (Å²) in [6.45, 7) is 1.89. The van der Waals surface area contributed by atoms with Crippen LogP contribution in [-0.4, -0.2) is 26.8 Å². The summed E-state index contributed by atoms with van der Waals surface area (Å²) in [4.78, 5) is 30.2. The monoisotopic (exact) mass is 357 g/mol. The van der Waals surface area contributed by atoms with Gasteiger partial charge < -0.3 is 5.32 Å². The van der Waals surface area contributed by atoms with Gasteiger partial charge in [-0.1, -0.05) is 36.7 Å². The van der Waals surface area contributed by atoms with Gasteiger partial charge >= 0.3 is 0 Å². The van der Waals surface area contributed by atoms with Crippen molar-refractivity contribution in [3.05, 3.63) is 34.6 Å². The highest BCUT2D eigenvalue weighted by Gasteiger charge is 2.28. The first-order chi connectivity index (χ1) is 12.1. The zero-order chi connectivity index (χ0) is 17.4. The zero-order valence-electron chi connectivity index (χ0n) is 14.4. The highest BCUT2D eigenvalue weighted by Crippen LogP contribution is 2.33. The topological polar surface area (TPSA) is 64.0 Å². The Labute approximate surface area is 151 Å². The minimum Gasteiger partial charge on any atom is -0.352 e. The molecule has 1 atom stereocenters. The van der Waals surface area contributed by atoms with Gasteiger partial charge in [-0.05, 0) is 44.7 Å². The molecule has 0 radical (unpaired) electrons. The molecule has 2 aliphatic rings. The lowest BCUT2D eigenvalue weighted by molar-refractivity contribution is -0.120. The Morgan fingerprint density at radius 1 is 1.24 bits per heavy atom. The molecule has 1 amide bonds. The van der Waals surface area contributed by atoms with Crippen molar-refractivity contribution in [2.75, 3.05) is 0 Å². The molecule has 2 saturated carbocycles. The third kappa shape index (κ3) is 3.45. The first kappa shape index (κ1) is 16.6. The van der Waals surface area contributed by atoms with Crippen molar-refractivity contribution >= 4 is 28.6 Å². The fourth-order valence-electron chi connectivity index (χ4n) is 3.45. The van der Waals surface area contributed by atoms with E-state index in [-0.39, 0.29) is 22.8 Å². The summed E-state index contributed by atoms with van der Waals surface area (Å²) in [6, 6.07) is 8.03. The largest absolute Gasteiger partial charge is 0.352 e. The van der Waals surface area contributed by atoms with Crippen LogP contribution in [0.3, 0.4) is 0 Å². The first-order valence-electron chi connectivity index (χ1n) is 9.12. The lowest BCUT2D eigenvalue weighted by Gasteiger charge is -2.20. The Bertz CT molecular complexity index is 853. The number of nitrogens with one attached hydrogen (secondary N) is 1. The zero-order valence-corrected chi connectivity index (χ0v) is 15.2. The van der Waals surface area contributed by atoms with Crippen molar-refractivity contribution in [2.24, 2.45) is 0 Å². The van der Waals surface area contributed by atoms with Gasteiger partial charge in [-0.3, -0.25) is 14.2 Å². The van der Waals surface area contributed by atoms with E-state index in [4.69, 9.17) is 4.98 Å². The quantitative estimate of drug-likeness (QED) is 0.659. The summed E-state index contributed by atoms with van der Waals surface area (Å²) in [6.07, 6.45) is 6.46. The van der Waals surface area contributed by atoms with E-state index in [9.17, 15) is 9.59 Å². The number of hydrogen-bond acceptors (Lipinski definition) is 4. The Hall–Kier alpha value is -1.82. The van der Waals surface area contributed by atoms with Crippen molar-refractivity contribution in [1.29, 1.82) is 0 Å². The van der Waals surface area contributed by atoms with Crippen LogP contribution in [0.15, 0.2) is 34.2 Å². The Balaban J connectivity index is 1.71. The molecule has 25 heavy (non-hydrogen) atoms. The van der Waals surface area contributed by atoms with Crippen molar-refractivity contribution in [1.82, 2.24) is 14.9 Å². The SMILES string of the molecule is CC(Sc1nc2ccccc2c(=O)n1C1CCCC1)C(=O)NC1CC1. The summed E-state index contributed by atoms with van der Waals surface area (Å²) in [5.74, 6) is 0.0351. The van der Waals surface area contributed by atoms with E-state index in [0.29, 0.717) is 22.1 Å². The molecule has 1 N–H and O–H groups in total. The van der Waals surface area contributed by atoms with E-state index in [1.165, 1.54) is 11.8 Å². The lowest BCUT2D eigenvalue weighted by atomic mass is 10.2. The molecule has 4 rings (SSSR count). The van der Waals surface area contributed by atoms with E-state index in [2.05, 4.69) is 5.32 Å². The Morgan fingerprint density at radius 2 is 1.96 bits per heavy atom. The second-order valence-electron chi connectivity index (χ2n) is 7.07. The number of para-hydroxylation sites is 1. The summed E-state index contributed by atoms with van der Waals surface area (Å²) < 4.78 is 1.85. The van der Waals surface area contributed by atoms with Crippen LogP contribution in [-0.2, 0) is 4.79 Å². The molecule has 1 aromatic carbocycles. The maximum absolute atomic E-state index is 13.1. The molecule has 2 aromatic rings. The van der Waals surface area contributed by atoms with Crippen molar-refractivity contribution in [3.63, 3.8) is 0 Å². The van der Waals surface area contributed by atoms with Gasteiger partial charge in [-0.15, -0.1) is 0 Å². The third-order valence-corrected chi connectivity index (χ3v) is 6.11. The van der Waals surface area contributed by atoms with Crippen molar-refractivity contribution < 1.29 is 4.79 Å². The molecule has 6 heteroatoms. The van der Waals surface area contributed by atoms with Crippen LogP contribution in [0.1, 0.15) is 51.5 Å². The number of fused-ring (bicyclic) bond motifs is 1. The van der Waals surface area contributed by atoms with Gasteiger partial charge in [0.15, 0.2) is 5.16 Å². The number of rotatable bonds is 5. The molecule has 0 aliphatic heterocycles. The molecule has 1 heterocycles. The maximum atomic E-state index is 13.1. The Morgan fingerprint density at radius 3 is 2.68 bits per heavy atom. The van der Waals surface area contributed by atoms with Gasteiger partial charge in [-0.2, -0.15) is 0 Å². The van der Waals surface area contributed by atoms with Crippen LogP contribution < -0.4 is 10.9 Å². The van der Waals surface area contributed by atoms with Gasteiger partial charge in [0.2, 0.25) is 5.91 Å². The number of hydrogen-bond donors (Lipinski definition) is 1. The average Bonchev–Trinajstić information content (AvgIpc) is 3.26. The fraction of sp³-hybridized carbons (Fsp3) is 0.526. The van der Waals surface area contributed by atoms with Crippen LogP contribution >= 0.6 is 11.8 Å². The van der Waals surface area contributed by atoms with Gasteiger partial charge in [0.1, 0.15) is 0 Å². The summed E-state index contributed by atoms with van der Waals surface area (Å²) in [5.41, 5.74) is 0.730. The molecule has 0 spiro atoms. The molecular formula is C19H23N3O2S. The molecule has 1 unspecified atom stereocenters. The van der Waals surface area contributed by atoms with Crippen LogP contribution in [0, 0.1) is 0 Å². The van der Waals surface area contributed by atoms with E-state index < -0.39 is 0 Å². The van der Waals surface area contributed by atoms with Gasteiger partial charge in [0, 0.05) is 12.1 Å². The van der Waals surface area contributed by atoms with Gasteiger partial charge in [0.05, 0.1) is 16.2 Å². The van der Waals surface area contributed by atoms with Crippen LogP contribution in [0.4, 0.5) is 0 Å². The second-order valence-corrected chi connectivity index (χ2v) is 8.38. The van der Waals surface area contributed by atoms with E-state index in [0.717, 1.165) is 38.5 Å². The summed E-state index contributed by atoms with van der Waals surface area (Å²) >= 11 is 1.40. The van der Waals surface area contributed by atoms with Crippen LogP contribution in [0.2, 0.25) is 0 Å². The molecule has 0 saturated heterocycles. The Kier molecular flexibility index (Phi) is 4.54. The molecule has 2 fully saturated rings. The number of carbonyl (C=O) groups excluding carboxylic acids is 1. The molecule has 2 aliphatic carbocycles. The maximum Gasteiger partial charge on any atom is 0.262 e. The third-order valence-electron chi connectivity index (χ3n) is 5.04. The number of thioether (sulfide) groups is 1. The van der Waals surface area contributed by atoms with E-state index in [1.807, 2.05) is 35.8 Å². The average molecular weight is 357 g/mol. The molecule has 132 valence electrons. The summed E-state index contributed by atoms with van der Waals surface area (Å²) in [5, 5.41) is 4.11. The molecule has 1 aromatic heterocycles. The smallest absolute Gasteiger partial charge is 0.262 e. The molecular weight excluding hydrogens is 334 g/mol. The lowest BCUT2D eigenvalue weighted by Crippen LogP contribution is -2.33. The standard InChI is InChI=1S/C19H23N3O2S/c1-12(17(23)20-13-10-11-13)25-19-21-16-9-5-4-8-15(16)18(24)22(19)14-6-2-3-7-14/h4-5,8-9,12-14H,2-3,6-7,10-11H2,1H3,(H,20,23). The number of carbonyl (C=O) groups is 1. The number of nitrogens with zero attached hydrogens (tertiary/aromatic N) is 2. The fourth-order valence-corrected chi connectivity index (χ4v) is 4.44. The van der Waals surface area contributed by atoms with E-state index in [1.54, 1.807) is 0 Å². The number of amides is 1. The predicted molar refractivity (Wildman–Crippen MR) is 100.0 cm³/mol. The van der Waals surface area contributed by atoms with Gasteiger partial charge in [-0.25, -0.2) is 4.98 Å². The first-order valence-corrected chi connectivity index (χ1v) is 10.00. The van der Waals surface area contributed by atoms with Crippen LogP contribution in [0.5, 0.6) is 0 Å². The highest BCUT2D eigenvalue weighted by atomic mass is 32.2. The number of aromatic nitrogens is 2. The normalized spacial score (nSPS) is 19.2. The van der Waals surface area contributed by atoms with Gasteiger partial charge in [0.25, 0.3) is 5.56 Å². The van der Waals surface area contributed by atoms with E-state index >= 15 is 0 Å². The highest BCUT2D eigenvalue weighted by molar-refractivity contribution is 8.00. The number of benzene rings is 1. The van der Waals surface area contributed by atoms with Crippen molar-refractivity contribution in [2.45, 2.75) is 67.9 Å². The molecule has 5 nitrogen and oxygen atoms in total. The minimum absolute atomic E-state index is 0.0230.